The third-order valence-electron chi connectivity index (χ3n) is 6.30. The van der Waals surface area contributed by atoms with Gasteiger partial charge in [-0.3, -0.25) is 9.80 Å². The maximum atomic E-state index is 13.1. The van der Waals surface area contributed by atoms with Crippen molar-refractivity contribution >= 4 is 12.0 Å². The van der Waals surface area contributed by atoms with E-state index in [4.69, 9.17) is 4.74 Å². The molecule has 1 aromatic rings. The second-order valence-electron chi connectivity index (χ2n) is 8.66. The quantitative estimate of drug-likeness (QED) is 0.710. The number of hydrogen-bond donors (Lipinski definition) is 1. The molecule has 2 amide bonds. The van der Waals surface area contributed by atoms with Crippen molar-refractivity contribution in [2.75, 3.05) is 26.7 Å². The van der Waals surface area contributed by atoms with E-state index in [-0.39, 0.29) is 12.0 Å². The van der Waals surface area contributed by atoms with Gasteiger partial charge in [0.15, 0.2) is 0 Å². The average Bonchev–Trinajstić information content (AvgIpc) is 2.72. The first-order valence-corrected chi connectivity index (χ1v) is 11.1. The number of nitrogens with one attached hydrogen (secondary N) is 1. The number of likely N-dealkylation sites (N-methyl/N-ethyl adjacent to an activating group) is 1. The summed E-state index contributed by atoms with van der Waals surface area (Å²) in [6.45, 7) is 10.2. The number of piperidine rings is 1. The molecule has 2 atom stereocenters. The summed E-state index contributed by atoms with van der Waals surface area (Å²) in [5, 5.41) is 3.01. The predicted octanol–water partition coefficient (Wildman–Crippen LogP) is 4.20. The van der Waals surface area contributed by atoms with Gasteiger partial charge in [-0.2, -0.15) is 0 Å². The van der Waals surface area contributed by atoms with Gasteiger partial charge in [0.25, 0.3) is 0 Å². The lowest BCUT2D eigenvalue weighted by Crippen LogP contribution is -2.50. The van der Waals surface area contributed by atoms with Gasteiger partial charge in [0, 0.05) is 25.3 Å². The van der Waals surface area contributed by atoms with E-state index < -0.39 is 6.04 Å². The Labute approximate surface area is 180 Å². The van der Waals surface area contributed by atoms with Crippen LogP contribution in [-0.4, -0.2) is 54.6 Å². The molecule has 1 N–H and O–H groups in total. The van der Waals surface area contributed by atoms with Crippen molar-refractivity contribution in [3.63, 3.8) is 0 Å². The van der Waals surface area contributed by atoms with E-state index in [0.29, 0.717) is 30.7 Å². The van der Waals surface area contributed by atoms with Gasteiger partial charge >= 0.3 is 12.0 Å². The zero-order valence-corrected chi connectivity index (χ0v) is 18.9. The van der Waals surface area contributed by atoms with Gasteiger partial charge in [-0.15, -0.1) is 0 Å². The number of nitrogens with zero attached hydrogens (tertiary/aromatic N) is 2. The Bertz CT molecular complexity index is 800. The lowest BCUT2D eigenvalue weighted by molar-refractivity contribution is -0.139. The van der Waals surface area contributed by atoms with Crippen LogP contribution in [0.4, 0.5) is 4.79 Å². The molecule has 2 aliphatic heterocycles. The number of carbonyl (C=O) groups is 2. The fourth-order valence-corrected chi connectivity index (χ4v) is 4.31. The van der Waals surface area contributed by atoms with Crippen LogP contribution in [0.25, 0.3) is 0 Å². The lowest BCUT2D eigenvalue weighted by Gasteiger charge is -2.39. The maximum Gasteiger partial charge on any atom is 0.338 e. The van der Waals surface area contributed by atoms with Crippen molar-refractivity contribution in [2.45, 2.75) is 65.0 Å². The van der Waals surface area contributed by atoms with Crippen molar-refractivity contribution in [1.82, 2.24) is 15.1 Å². The van der Waals surface area contributed by atoms with Gasteiger partial charge < -0.3 is 10.1 Å². The molecule has 1 aromatic carbocycles. The molecule has 2 heterocycles. The van der Waals surface area contributed by atoms with Crippen molar-refractivity contribution in [3.8, 4) is 0 Å². The second kappa shape index (κ2) is 9.65. The SMILES string of the molecule is CCOC(=O)C1=C(CN2CCCC[C@@H]2C)N(C)C(=O)N[C@@H]1c1ccc(C(C)C)cc1. The van der Waals surface area contributed by atoms with Gasteiger partial charge in [-0.1, -0.05) is 44.5 Å². The molecule has 1 fully saturated rings. The van der Waals surface area contributed by atoms with Crippen LogP contribution in [-0.2, 0) is 9.53 Å². The van der Waals surface area contributed by atoms with Crippen LogP contribution in [0.2, 0.25) is 0 Å². The van der Waals surface area contributed by atoms with Crippen molar-refractivity contribution < 1.29 is 14.3 Å². The van der Waals surface area contributed by atoms with Gasteiger partial charge in [0.2, 0.25) is 0 Å². The summed E-state index contributed by atoms with van der Waals surface area (Å²) in [7, 11) is 1.73. The van der Waals surface area contributed by atoms with Crippen molar-refractivity contribution in [3.05, 3.63) is 46.7 Å². The number of urea groups is 1. The van der Waals surface area contributed by atoms with Crippen LogP contribution in [0.5, 0.6) is 0 Å². The number of benzene rings is 1. The summed E-state index contributed by atoms with van der Waals surface area (Å²) in [4.78, 5) is 29.8. The van der Waals surface area contributed by atoms with Crippen LogP contribution in [0.1, 0.15) is 70.0 Å². The minimum absolute atomic E-state index is 0.194. The van der Waals surface area contributed by atoms with Crippen LogP contribution < -0.4 is 5.32 Å². The summed E-state index contributed by atoms with van der Waals surface area (Å²) in [5.74, 6) is 0.0595. The summed E-state index contributed by atoms with van der Waals surface area (Å²) in [6.07, 6.45) is 3.50. The van der Waals surface area contributed by atoms with Gasteiger partial charge in [-0.25, -0.2) is 9.59 Å². The number of amides is 2. The molecular formula is C24H35N3O3. The van der Waals surface area contributed by atoms with E-state index >= 15 is 0 Å². The van der Waals surface area contributed by atoms with Gasteiger partial charge in [0.05, 0.1) is 18.2 Å². The molecule has 2 aliphatic rings. The standard InChI is InChI=1S/C24H35N3O3/c1-6-30-23(28)21-20(15-27-14-8-7-9-17(27)4)26(5)24(29)25-22(21)19-12-10-18(11-13-19)16(2)3/h10-13,16-17,22H,6-9,14-15H2,1-5H3,(H,25,29)/t17-,22+/m0/s1. The van der Waals surface area contributed by atoms with E-state index in [0.717, 1.165) is 30.6 Å². The van der Waals surface area contributed by atoms with Crippen molar-refractivity contribution in [2.24, 2.45) is 0 Å². The fraction of sp³-hybridized carbons (Fsp3) is 0.583. The minimum Gasteiger partial charge on any atom is -0.463 e. The number of esters is 1. The van der Waals surface area contributed by atoms with Crippen LogP contribution in [0.15, 0.2) is 35.5 Å². The highest BCUT2D eigenvalue weighted by atomic mass is 16.5. The fourth-order valence-electron chi connectivity index (χ4n) is 4.31. The molecule has 0 radical (unpaired) electrons. The molecule has 0 bridgehead atoms. The van der Waals surface area contributed by atoms with Crippen molar-refractivity contribution in [1.29, 1.82) is 0 Å². The Morgan fingerprint density at radius 2 is 1.93 bits per heavy atom. The normalized spacial score (nSPS) is 23.0. The predicted molar refractivity (Wildman–Crippen MR) is 118 cm³/mol. The Hall–Kier alpha value is -2.34. The highest BCUT2D eigenvalue weighted by molar-refractivity contribution is 5.95. The van der Waals surface area contributed by atoms with E-state index in [2.05, 4.69) is 43.1 Å². The van der Waals surface area contributed by atoms with E-state index in [1.165, 1.54) is 12.0 Å². The number of carbonyl (C=O) groups excluding carboxylic acids is 2. The van der Waals surface area contributed by atoms with Crippen LogP contribution in [0, 0.1) is 0 Å². The molecule has 1 saturated heterocycles. The van der Waals surface area contributed by atoms with Crippen LogP contribution >= 0.6 is 0 Å². The summed E-state index contributed by atoms with van der Waals surface area (Å²) < 4.78 is 5.43. The van der Waals surface area contributed by atoms with Crippen LogP contribution in [0.3, 0.4) is 0 Å². The monoisotopic (exact) mass is 413 g/mol. The van der Waals surface area contributed by atoms with E-state index in [9.17, 15) is 9.59 Å². The second-order valence-corrected chi connectivity index (χ2v) is 8.66. The largest absolute Gasteiger partial charge is 0.463 e. The highest BCUT2D eigenvalue weighted by Crippen LogP contribution is 2.33. The smallest absolute Gasteiger partial charge is 0.338 e. The molecule has 0 aliphatic carbocycles. The molecule has 6 nitrogen and oxygen atoms in total. The Kier molecular flexibility index (Phi) is 7.19. The Morgan fingerprint density at radius 3 is 2.53 bits per heavy atom. The molecule has 0 spiro atoms. The molecule has 3 rings (SSSR count). The molecule has 0 unspecified atom stereocenters. The number of likely N-dealkylation sites (tertiary alicyclic amines) is 1. The average molecular weight is 414 g/mol. The maximum absolute atomic E-state index is 13.1. The molecule has 6 heteroatoms. The first-order chi connectivity index (χ1) is 14.3. The first kappa shape index (κ1) is 22.3. The third-order valence-corrected chi connectivity index (χ3v) is 6.30. The number of rotatable bonds is 6. The first-order valence-electron chi connectivity index (χ1n) is 11.1. The Morgan fingerprint density at radius 1 is 1.23 bits per heavy atom. The number of ether oxygens (including phenoxy) is 1. The molecule has 164 valence electrons. The Balaban J connectivity index is 2.04. The highest BCUT2D eigenvalue weighted by Gasteiger charge is 2.38. The lowest BCUT2D eigenvalue weighted by atomic mass is 9.92. The number of hydrogen-bond acceptors (Lipinski definition) is 4. The minimum atomic E-state index is -0.510. The third kappa shape index (κ3) is 4.69. The molecule has 30 heavy (non-hydrogen) atoms. The summed E-state index contributed by atoms with van der Waals surface area (Å²) >= 11 is 0. The zero-order valence-electron chi connectivity index (χ0n) is 18.9. The summed E-state index contributed by atoms with van der Waals surface area (Å²) in [5.41, 5.74) is 3.40. The van der Waals surface area contributed by atoms with E-state index in [1.54, 1.807) is 11.9 Å². The molecular weight excluding hydrogens is 378 g/mol. The van der Waals surface area contributed by atoms with Gasteiger partial charge in [0.1, 0.15) is 0 Å². The van der Waals surface area contributed by atoms with E-state index in [1.807, 2.05) is 19.1 Å². The molecule has 0 aromatic heterocycles. The summed E-state index contributed by atoms with van der Waals surface area (Å²) in [6, 6.07) is 7.87. The van der Waals surface area contributed by atoms with Gasteiger partial charge in [-0.05, 0) is 50.3 Å². The topological polar surface area (TPSA) is 61.9 Å². The zero-order chi connectivity index (χ0) is 21.8. The molecule has 0 saturated carbocycles.